The topological polar surface area (TPSA) is 88.7 Å². The molecule has 7 nitrogen and oxygen atoms in total. The van der Waals surface area contributed by atoms with E-state index in [4.69, 9.17) is 9.47 Å². The molecule has 0 aliphatic heterocycles. The summed E-state index contributed by atoms with van der Waals surface area (Å²) >= 11 is 0. The van der Waals surface area contributed by atoms with E-state index in [0.717, 1.165) is 24.3 Å². The molecule has 2 aromatic carbocycles. The average molecular weight is 440 g/mol. The maximum atomic E-state index is 12.4. The number of nitrogens with one attached hydrogen (secondary N) is 3. The van der Waals surface area contributed by atoms with Crippen LogP contribution >= 0.6 is 0 Å². The van der Waals surface area contributed by atoms with Gasteiger partial charge >= 0.3 is 0 Å². The van der Waals surface area contributed by atoms with Crippen molar-refractivity contribution in [3.05, 3.63) is 54.1 Å². The first-order chi connectivity index (χ1) is 15.6. The molecule has 32 heavy (non-hydrogen) atoms. The highest BCUT2D eigenvalue weighted by atomic mass is 16.5. The molecule has 0 heterocycles. The average Bonchev–Trinajstić information content (AvgIpc) is 2.82. The predicted octanol–water partition coefficient (Wildman–Crippen LogP) is 4.22. The van der Waals surface area contributed by atoms with Crippen LogP contribution in [0, 0.1) is 0 Å². The van der Waals surface area contributed by atoms with Crippen molar-refractivity contribution >= 4 is 23.2 Å². The molecule has 1 aliphatic rings. The van der Waals surface area contributed by atoms with Crippen molar-refractivity contribution < 1.29 is 19.1 Å². The lowest BCUT2D eigenvalue weighted by molar-refractivity contribution is -0.114. The molecule has 3 rings (SSSR count). The summed E-state index contributed by atoms with van der Waals surface area (Å²) in [4.78, 5) is 24.7. The molecule has 0 bridgehead atoms. The van der Waals surface area contributed by atoms with Crippen LogP contribution in [0.2, 0.25) is 0 Å². The number of carbonyl (C=O) groups is 2. The van der Waals surface area contributed by atoms with Crippen LogP contribution in [0.3, 0.4) is 0 Å². The zero-order chi connectivity index (χ0) is 22.6. The second-order valence-electron chi connectivity index (χ2n) is 7.86. The summed E-state index contributed by atoms with van der Waals surface area (Å²) in [6.07, 6.45) is 5.71. The van der Waals surface area contributed by atoms with E-state index >= 15 is 0 Å². The van der Waals surface area contributed by atoms with E-state index in [1.807, 2.05) is 31.2 Å². The summed E-state index contributed by atoms with van der Waals surface area (Å²) in [5, 5.41) is 9.04. The maximum Gasteiger partial charge on any atom is 0.251 e. The van der Waals surface area contributed by atoms with E-state index in [1.165, 1.54) is 19.3 Å². The summed E-state index contributed by atoms with van der Waals surface area (Å²) in [7, 11) is 0. The molecule has 7 heteroatoms. The molecule has 172 valence electrons. The third-order valence-corrected chi connectivity index (χ3v) is 5.36. The lowest BCUT2D eigenvalue weighted by Gasteiger charge is -2.22. The first kappa shape index (κ1) is 23.6. The van der Waals surface area contributed by atoms with Crippen molar-refractivity contribution in [3.63, 3.8) is 0 Å². The Balaban J connectivity index is 1.42. The van der Waals surface area contributed by atoms with Gasteiger partial charge in [-0.3, -0.25) is 9.59 Å². The fourth-order valence-electron chi connectivity index (χ4n) is 3.67. The number of benzene rings is 2. The minimum Gasteiger partial charge on any atom is -0.491 e. The minimum atomic E-state index is -0.174. The molecule has 0 saturated heterocycles. The largest absolute Gasteiger partial charge is 0.491 e. The van der Waals surface area contributed by atoms with Crippen LogP contribution in [-0.2, 0) is 9.53 Å². The van der Waals surface area contributed by atoms with Gasteiger partial charge in [-0.1, -0.05) is 25.3 Å². The van der Waals surface area contributed by atoms with Gasteiger partial charge in [-0.25, -0.2) is 0 Å². The molecule has 0 spiro atoms. The summed E-state index contributed by atoms with van der Waals surface area (Å²) in [5.74, 6) is 0.490. The first-order valence-electron chi connectivity index (χ1n) is 11.4. The molecule has 1 saturated carbocycles. The fraction of sp³-hybridized carbons (Fsp3) is 0.440. The zero-order valence-corrected chi connectivity index (χ0v) is 18.7. The Labute approximate surface area is 189 Å². The monoisotopic (exact) mass is 439 g/mol. The number of hydrogen-bond acceptors (Lipinski definition) is 5. The highest BCUT2D eigenvalue weighted by molar-refractivity contribution is 5.96. The summed E-state index contributed by atoms with van der Waals surface area (Å²) in [6.45, 7) is 3.74. The number of anilines is 2. The minimum absolute atomic E-state index is 0.0557. The molecular weight excluding hydrogens is 406 g/mol. The SMILES string of the molecule is CCOCCOc1cccc(NCC(=O)Nc2ccc(C(=O)NC3CCCCC3)cc2)c1. The van der Waals surface area contributed by atoms with Gasteiger partial charge in [-0.2, -0.15) is 0 Å². The van der Waals surface area contributed by atoms with E-state index in [1.54, 1.807) is 24.3 Å². The van der Waals surface area contributed by atoms with Crippen LogP contribution < -0.4 is 20.7 Å². The van der Waals surface area contributed by atoms with E-state index in [2.05, 4.69) is 16.0 Å². The Kier molecular flexibility index (Phi) is 9.37. The normalized spacial score (nSPS) is 13.9. The van der Waals surface area contributed by atoms with Crippen molar-refractivity contribution in [3.8, 4) is 5.75 Å². The summed E-state index contributed by atoms with van der Waals surface area (Å²) in [6, 6.07) is 14.7. The van der Waals surface area contributed by atoms with Gasteiger partial charge in [-0.05, 0) is 56.2 Å². The lowest BCUT2D eigenvalue weighted by atomic mass is 9.95. The van der Waals surface area contributed by atoms with Crippen molar-refractivity contribution in [1.82, 2.24) is 5.32 Å². The molecule has 2 amide bonds. The van der Waals surface area contributed by atoms with Gasteiger partial charge in [0.05, 0.1) is 13.2 Å². The Morgan fingerprint density at radius 1 is 0.969 bits per heavy atom. The quantitative estimate of drug-likeness (QED) is 0.456. The smallest absolute Gasteiger partial charge is 0.251 e. The molecule has 1 aliphatic carbocycles. The van der Waals surface area contributed by atoms with Crippen molar-refractivity contribution in [2.45, 2.75) is 45.1 Å². The van der Waals surface area contributed by atoms with Crippen LogP contribution in [0.25, 0.3) is 0 Å². The standard InChI is InChI=1S/C25H33N3O4/c1-2-31-15-16-32-23-10-6-9-22(17-23)26-18-24(29)27-21-13-11-19(12-14-21)25(30)28-20-7-4-3-5-8-20/h6,9-14,17,20,26H,2-5,7-8,15-16,18H2,1H3,(H,27,29)(H,28,30). The van der Waals surface area contributed by atoms with Gasteiger partial charge in [0, 0.05) is 35.7 Å². The Bertz CT molecular complexity index is 864. The molecule has 0 aromatic heterocycles. The second kappa shape index (κ2) is 12.7. The Morgan fingerprint density at radius 3 is 2.50 bits per heavy atom. The highest BCUT2D eigenvalue weighted by Gasteiger charge is 2.16. The highest BCUT2D eigenvalue weighted by Crippen LogP contribution is 2.19. The van der Waals surface area contributed by atoms with Gasteiger partial charge < -0.3 is 25.4 Å². The van der Waals surface area contributed by atoms with E-state index in [0.29, 0.717) is 31.1 Å². The van der Waals surface area contributed by atoms with Crippen LogP contribution in [0.4, 0.5) is 11.4 Å². The van der Waals surface area contributed by atoms with Gasteiger partial charge in [-0.15, -0.1) is 0 Å². The first-order valence-corrected chi connectivity index (χ1v) is 11.4. The number of amides is 2. The number of ether oxygens (including phenoxy) is 2. The Hall–Kier alpha value is -3.06. The van der Waals surface area contributed by atoms with Crippen LogP contribution in [0.15, 0.2) is 48.5 Å². The number of hydrogen-bond donors (Lipinski definition) is 3. The third-order valence-electron chi connectivity index (χ3n) is 5.36. The molecule has 0 atom stereocenters. The van der Waals surface area contributed by atoms with Gasteiger partial charge in [0.15, 0.2) is 0 Å². The third kappa shape index (κ3) is 7.89. The van der Waals surface area contributed by atoms with Gasteiger partial charge in [0.1, 0.15) is 12.4 Å². The van der Waals surface area contributed by atoms with Crippen molar-refractivity contribution in [2.24, 2.45) is 0 Å². The molecule has 0 radical (unpaired) electrons. The zero-order valence-electron chi connectivity index (χ0n) is 18.7. The summed E-state index contributed by atoms with van der Waals surface area (Å²) < 4.78 is 10.9. The van der Waals surface area contributed by atoms with Gasteiger partial charge in [0.25, 0.3) is 5.91 Å². The number of carbonyl (C=O) groups excluding carboxylic acids is 2. The van der Waals surface area contributed by atoms with Crippen LogP contribution in [0.1, 0.15) is 49.4 Å². The predicted molar refractivity (Wildman–Crippen MR) is 126 cm³/mol. The molecule has 2 aromatic rings. The fourth-order valence-corrected chi connectivity index (χ4v) is 3.67. The van der Waals surface area contributed by atoms with E-state index in [-0.39, 0.29) is 24.4 Å². The van der Waals surface area contributed by atoms with Crippen LogP contribution in [-0.4, -0.2) is 44.2 Å². The lowest BCUT2D eigenvalue weighted by Crippen LogP contribution is -2.36. The van der Waals surface area contributed by atoms with Crippen molar-refractivity contribution in [2.75, 3.05) is 37.0 Å². The maximum absolute atomic E-state index is 12.4. The van der Waals surface area contributed by atoms with Gasteiger partial charge in [0.2, 0.25) is 5.91 Å². The van der Waals surface area contributed by atoms with Crippen LogP contribution in [0.5, 0.6) is 5.75 Å². The molecule has 3 N–H and O–H groups in total. The number of rotatable bonds is 11. The molecule has 0 unspecified atom stereocenters. The Morgan fingerprint density at radius 2 is 1.75 bits per heavy atom. The molecular formula is C25H33N3O4. The summed E-state index contributed by atoms with van der Waals surface area (Å²) in [5.41, 5.74) is 2.05. The van der Waals surface area contributed by atoms with Crippen molar-refractivity contribution in [1.29, 1.82) is 0 Å². The van der Waals surface area contributed by atoms with E-state index in [9.17, 15) is 9.59 Å². The van der Waals surface area contributed by atoms with E-state index < -0.39 is 0 Å². The second-order valence-corrected chi connectivity index (χ2v) is 7.86. The molecule has 1 fully saturated rings.